The van der Waals surface area contributed by atoms with Crippen molar-refractivity contribution >= 4 is 23.8 Å². The molecule has 3 N–H and O–H groups in total. The zero-order valence-electron chi connectivity index (χ0n) is 15.9. The molecule has 28 heavy (non-hydrogen) atoms. The highest BCUT2D eigenvalue weighted by molar-refractivity contribution is 6.04. The number of amides is 1. The van der Waals surface area contributed by atoms with Crippen LogP contribution in [-0.4, -0.2) is 24.3 Å². The second kappa shape index (κ2) is 7.92. The van der Waals surface area contributed by atoms with Crippen LogP contribution < -0.4 is 15.8 Å². The normalized spacial score (nSPS) is 10.4. The van der Waals surface area contributed by atoms with Gasteiger partial charge in [-0.2, -0.15) is 0 Å². The van der Waals surface area contributed by atoms with Gasteiger partial charge in [0.25, 0.3) is 5.91 Å². The first-order valence-corrected chi connectivity index (χ1v) is 8.71. The molecule has 2 aromatic carbocycles. The van der Waals surface area contributed by atoms with E-state index in [4.69, 9.17) is 10.5 Å². The number of aryl methyl sites for hydroxylation is 2. The minimum atomic E-state index is -0.261. The first-order chi connectivity index (χ1) is 13.4. The molecule has 0 unspecified atom stereocenters. The van der Waals surface area contributed by atoms with E-state index in [1.807, 2.05) is 32.0 Å². The number of carbonyl (C=O) groups is 2. The molecule has 0 spiro atoms. The minimum absolute atomic E-state index is 0.248. The summed E-state index contributed by atoms with van der Waals surface area (Å²) in [6.07, 6.45) is 0.785. The van der Waals surface area contributed by atoms with Crippen molar-refractivity contribution in [2.24, 2.45) is 0 Å². The molecule has 1 aromatic heterocycles. The summed E-state index contributed by atoms with van der Waals surface area (Å²) in [6, 6.07) is 14.2. The van der Waals surface area contributed by atoms with Crippen LogP contribution in [0.15, 0.2) is 48.5 Å². The summed E-state index contributed by atoms with van der Waals surface area (Å²) in [6.45, 7) is 3.80. The number of aldehydes is 1. The molecular formula is C22H21N3O3. The standard InChI is InChI=1S/C22H21N3O3/c1-13-4-6-15(7-5-13)22(27)25-20-9-8-17(21(23)24-20)18-10-14(2)16(12-26)11-19(18)28-3/h4-12H,1-3H3,(H3,23,24,25,27). The summed E-state index contributed by atoms with van der Waals surface area (Å²) in [4.78, 5) is 27.8. The van der Waals surface area contributed by atoms with Gasteiger partial charge in [-0.15, -0.1) is 0 Å². The van der Waals surface area contributed by atoms with Crippen molar-refractivity contribution in [3.63, 3.8) is 0 Å². The number of nitrogens with zero attached hydrogens (tertiary/aromatic N) is 1. The predicted octanol–water partition coefficient (Wildman–Crippen LogP) is 4.02. The number of carbonyl (C=O) groups excluding carboxylic acids is 2. The smallest absolute Gasteiger partial charge is 0.256 e. The molecule has 0 saturated heterocycles. The van der Waals surface area contributed by atoms with Crippen molar-refractivity contribution in [2.75, 3.05) is 18.2 Å². The van der Waals surface area contributed by atoms with Crippen molar-refractivity contribution in [2.45, 2.75) is 13.8 Å². The monoisotopic (exact) mass is 375 g/mol. The second-order valence-corrected chi connectivity index (χ2v) is 6.48. The SMILES string of the molecule is COc1cc(C=O)c(C)cc1-c1ccc(NC(=O)c2ccc(C)cc2)nc1N. The van der Waals surface area contributed by atoms with Crippen LogP contribution in [0.2, 0.25) is 0 Å². The van der Waals surface area contributed by atoms with Crippen molar-refractivity contribution in [1.82, 2.24) is 4.98 Å². The van der Waals surface area contributed by atoms with Crippen LogP contribution in [0, 0.1) is 13.8 Å². The molecule has 6 nitrogen and oxygen atoms in total. The van der Waals surface area contributed by atoms with E-state index in [-0.39, 0.29) is 11.7 Å². The molecule has 142 valence electrons. The molecule has 0 radical (unpaired) electrons. The number of hydrogen-bond acceptors (Lipinski definition) is 5. The van der Waals surface area contributed by atoms with Gasteiger partial charge in [-0.05, 0) is 55.8 Å². The number of nitrogen functional groups attached to an aromatic ring is 1. The second-order valence-electron chi connectivity index (χ2n) is 6.48. The number of nitrogens with one attached hydrogen (secondary N) is 1. The lowest BCUT2D eigenvalue weighted by atomic mass is 9.99. The Morgan fingerprint density at radius 2 is 1.79 bits per heavy atom. The molecule has 6 heteroatoms. The topological polar surface area (TPSA) is 94.3 Å². The van der Waals surface area contributed by atoms with E-state index in [9.17, 15) is 9.59 Å². The van der Waals surface area contributed by atoms with Gasteiger partial charge in [0, 0.05) is 22.3 Å². The lowest BCUT2D eigenvalue weighted by molar-refractivity contribution is 0.102. The maximum atomic E-state index is 12.4. The van der Waals surface area contributed by atoms with E-state index < -0.39 is 0 Å². The summed E-state index contributed by atoms with van der Waals surface area (Å²) >= 11 is 0. The summed E-state index contributed by atoms with van der Waals surface area (Å²) in [7, 11) is 1.53. The number of ether oxygens (including phenoxy) is 1. The largest absolute Gasteiger partial charge is 0.496 e. The maximum absolute atomic E-state index is 12.4. The lowest BCUT2D eigenvalue weighted by Crippen LogP contribution is -2.13. The Kier molecular flexibility index (Phi) is 5.40. The summed E-state index contributed by atoms with van der Waals surface area (Å²) in [5.41, 5.74) is 10.5. The maximum Gasteiger partial charge on any atom is 0.256 e. The fraction of sp³-hybridized carbons (Fsp3) is 0.136. The third-order valence-corrected chi connectivity index (χ3v) is 4.49. The van der Waals surface area contributed by atoms with Gasteiger partial charge in [-0.25, -0.2) is 4.98 Å². The molecule has 1 amide bonds. The number of hydrogen-bond donors (Lipinski definition) is 2. The fourth-order valence-electron chi connectivity index (χ4n) is 2.88. The minimum Gasteiger partial charge on any atom is -0.496 e. The predicted molar refractivity (Wildman–Crippen MR) is 110 cm³/mol. The van der Waals surface area contributed by atoms with Crippen molar-refractivity contribution < 1.29 is 14.3 Å². The van der Waals surface area contributed by atoms with Crippen LogP contribution in [0.5, 0.6) is 5.75 Å². The molecule has 0 aliphatic heterocycles. The Morgan fingerprint density at radius 3 is 2.39 bits per heavy atom. The van der Waals surface area contributed by atoms with Gasteiger partial charge in [-0.1, -0.05) is 17.7 Å². The number of methoxy groups -OCH3 is 1. The third-order valence-electron chi connectivity index (χ3n) is 4.49. The van der Waals surface area contributed by atoms with E-state index >= 15 is 0 Å². The average Bonchev–Trinajstić information content (AvgIpc) is 2.68. The molecule has 0 atom stereocenters. The highest BCUT2D eigenvalue weighted by Crippen LogP contribution is 2.35. The highest BCUT2D eigenvalue weighted by atomic mass is 16.5. The van der Waals surface area contributed by atoms with Gasteiger partial charge in [0.1, 0.15) is 23.7 Å². The summed E-state index contributed by atoms with van der Waals surface area (Å²) in [5.74, 6) is 0.867. The van der Waals surface area contributed by atoms with Crippen LogP contribution in [0.3, 0.4) is 0 Å². The Hall–Kier alpha value is -3.67. The number of aromatic nitrogens is 1. The van der Waals surface area contributed by atoms with E-state index in [0.717, 1.165) is 23.0 Å². The Morgan fingerprint density at radius 1 is 1.07 bits per heavy atom. The Labute approximate surface area is 163 Å². The van der Waals surface area contributed by atoms with Crippen LogP contribution in [0.25, 0.3) is 11.1 Å². The zero-order chi connectivity index (χ0) is 20.3. The third kappa shape index (κ3) is 3.86. The molecule has 0 saturated carbocycles. The van der Waals surface area contributed by atoms with E-state index in [1.54, 1.807) is 30.3 Å². The van der Waals surface area contributed by atoms with Crippen molar-refractivity contribution in [1.29, 1.82) is 0 Å². The first kappa shape index (κ1) is 19.1. The van der Waals surface area contributed by atoms with Crippen LogP contribution in [0.4, 0.5) is 11.6 Å². The van der Waals surface area contributed by atoms with Crippen LogP contribution in [-0.2, 0) is 0 Å². The van der Waals surface area contributed by atoms with E-state index in [1.165, 1.54) is 7.11 Å². The van der Waals surface area contributed by atoms with Gasteiger partial charge < -0.3 is 15.8 Å². The van der Waals surface area contributed by atoms with Crippen molar-refractivity contribution in [3.05, 3.63) is 70.8 Å². The molecule has 3 rings (SSSR count). The van der Waals surface area contributed by atoms with E-state index in [2.05, 4.69) is 10.3 Å². The number of rotatable bonds is 5. The first-order valence-electron chi connectivity index (χ1n) is 8.71. The molecule has 0 fully saturated rings. The Balaban J connectivity index is 1.91. The number of pyridine rings is 1. The van der Waals surface area contributed by atoms with Gasteiger partial charge in [-0.3, -0.25) is 9.59 Å². The number of anilines is 2. The lowest BCUT2D eigenvalue weighted by Gasteiger charge is -2.14. The van der Waals surface area contributed by atoms with E-state index in [0.29, 0.717) is 28.3 Å². The molecule has 3 aromatic rings. The number of nitrogens with two attached hydrogens (primary N) is 1. The summed E-state index contributed by atoms with van der Waals surface area (Å²) < 4.78 is 5.40. The molecule has 1 heterocycles. The Bertz CT molecular complexity index is 1040. The van der Waals surface area contributed by atoms with Gasteiger partial charge in [0.05, 0.1) is 7.11 Å². The van der Waals surface area contributed by atoms with Crippen LogP contribution >= 0.6 is 0 Å². The summed E-state index contributed by atoms with van der Waals surface area (Å²) in [5, 5.41) is 2.75. The van der Waals surface area contributed by atoms with Crippen molar-refractivity contribution in [3.8, 4) is 16.9 Å². The highest BCUT2D eigenvalue weighted by Gasteiger charge is 2.14. The molecular weight excluding hydrogens is 354 g/mol. The quantitative estimate of drug-likeness (QED) is 0.657. The molecule has 0 bridgehead atoms. The van der Waals surface area contributed by atoms with Gasteiger partial charge in [0.2, 0.25) is 0 Å². The van der Waals surface area contributed by atoms with Gasteiger partial charge >= 0.3 is 0 Å². The molecule has 0 aliphatic carbocycles. The zero-order valence-corrected chi connectivity index (χ0v) is 15.9. The number of benzene rings is 2. The van der Waals surface area contributed by atoms with Gasteiger partial charge in [0.15, 0.2) is 0 Å². The van der Waals surface area contributed by atoms with Crippen LogP contribution in [0.1, 0.15) is 31.8 Å². The molecule has 0 aliphatic rings. The average molecular weight is 375 g/mol. The fourth-order valence-corrected chi connectivity index (χ4v) is 2.88.